The molecule has 4 rings (SSSR count). The molecule has 0 spiro atoms. The van der Waals surface area contributed by atoms with Crippen LogP contribution in [0.5, 0.6) is 0 Å². The van der Waals surface area contributed by atoms with Crippen LogP contribution >= 0.6 is 11.8 Å². The lowest BCUT2D eigenvalue weighted by Gasteiger charge is -2.35. The fourth-order valence-corrected chi connectivity index (χ4v) is 5.18. The number of likely N-dealkylation sites (tertiary alicyclic amines) is 1. The Labute approximate surface area is 185 Å². The summed E-state index contributed by atoms with van der Waals surface area (Å²) in [6.07, 6.45) is 5.03. The minimum atomic E-state index is -0.0849. The third-order valence-corrected chi connectivity index (χ3v) is 6.87. The maximum Gasteiger partial charge on any atom is 0.262 e. The van der Waals surface area contributed by atoms with E-state index in [9.17, 15) is 9.59 Å². The van der Waals surface area contributed by atoms with Crippen molar-refractivity contribution in [1.29, 1.82) is 0 Å². The number of para-hydroxylation sites is 1. The molecule has 31 heavy (non-hydrogen) atoms. The van der Waals surface area contributed by atoms with Gasteiger partial charge in [0.25, 0.3) is 5.56 Å². The number of hydrogen-bond acceptors (Lipinski definition) is 6. The number of carbonyl (C=O) groups is 1. The Morgan fingerprint density at radius 2 is 2.10 bits per heavy atom. The molecule has 2 aromatic heterocycles. The normalized spacial score (nSPS) is 17.0. The summed E-state index contributed by atoms with van der Waals surface area (Å²) in [7, 11) is 1.65. The second-order valence-electron chi connectivity index (χ2n) is 7.87. The van der Waals surface area contributed by atoms with E-state index in [0.29, 0.717) is 47.7 Å². The molecular formula is C22H29N5O3S. The van der Waals surface area contributed by atoms with Gasteiger partial charge in [0.05, 0.1) is 16.7 Å². The molecule has 9 heteroatoms. The zero-order valence-electron chi connectivity index (χ0n) is 18.1. The first kappa shape index (κ1) is 21.8. The molecule has 0 N–H and O–H groups in total. The highest BCUT2D eigenvalue weighted by Gasteiger charge is 2.26. The second-order valence-corrected chi connectivity index (χ2v) is 8.81. The average molecular weight is 444 g/mol. The maximum atomic E-state index is 13.1. The predicted octanol–water partition coefficient (Wildman–Crippen LogP) is 2.96. The van der Waals surface area contributed by atoms with Gasteiger partial charge in [-0.25, -0.2) is 0 Å². The van der Waals surface area contributed by atoms with Crippen LogP contribution in [0.25, 0.3) is 16.7 Å². The highest BCUT2D eigenvalue weighted by atomic mass is 32.2. The molecule has 1 aromatic carbocycles. The summed E-state index contributed by atoms with van der Waals surface area (Å²) in [5, 5.41) is 9.91. The number of hydrogen-bond donors (Lipinski definition) is 0. The van der Waals surface area contributed by atoms with Gasteiger partial charge in [0.15, 0.2) is 5.16 Å². The molecular weight excluding hydrogens is 414 g/mol. The van der Waals surface area contributed by atoms with Gasteiger partial charge in [-0.15, -0.1) is 10.2 Å². The van der Waals surface area contributed by atoms with Crippen LogP contribution in [0.15, 0.2) is 34.2 Å². The van der Waals surface area contributed by atoms with E-state index in [1.54, 1.807) is 11.7 Å². The molecule has 0 saturated carbocycles. The number of nitrogens with zero attached hydrogens (tertiary/aromatic N) is 5. The standard InChI is InChI=1S/C22H29N5O3S/c1-3-16-9-6-7-12-25(16)19(28)15-31-22-24-23-21-26(13-8-14-30-2)20(29)17-10-4-5-11-18(17)27(21)22/h4-5,10-11,16H,3,6-9,12-15H2,1-2H3. The third kappa shape index (κ3) is 4.34. The molecule has 3 heterocycles. The van der Waals surface area contributed by atoms with E-state index < -0.39 is 0 Å². The molecule has 0 bridgehead atoms. The van der Waals surface area contributed by atoms with Crippen LogP contribution in [-0.2, 0) is 16.1 Å². The first-order chi connectivity index (χ1) is 15.2. The SMILES string of the molecule is CCC1CCCCN1C(=O)CSc1nnc2n(CCCOC)c(=O)c3ccccc3n12. The molecule has 3 aromatic rings. The van der Waals surface area contributed by atoms with Crippen LogP contribution in [0.2, 0.25) is 0 Å². The van der Waals surface area contributed by atoms with E-state index >= 15 is 0 Å². The first-order valence-electron chi connectivity index (χ1n) is 10.9. The fourth-order valence-electron chi connectivity index (χ4n) is 4.36. The second kappa shape index (κ2) is 9.82. The van der Waals surface area contributed by atoms with E-state index in [2.05, 4.69) is 17.1 Å². The summed E-state index contributed by atoms with van der Waals surface area (Å²) in [6.45, 7) is 4.03. The molecule has 1 aliphatic heterocycles. The van der Waals surface area contributed by atoms with Crippen LogP contribution in [0.1, 0.15) is 39.0 Å². The Bertz CT molecular complexity index is 1130. The number of benzene rings is 1. The number of aryl methyl sites for hydroxylation is 1. The van der Waals surface area contributed by atoms with Gasteiger partial charge in [0, 0.05) is 32.8 Å². The number of amides is 1. The van der Waals surface area contributed by atoms with Crippen molar-refractivity contribution in [3.8, 4) is 0 Å². The number of methoxy groups -OCH3 is 1. The summed E-state index contributed by atoms with van der Waals surface area (Å²) >= 11 is 1.39. The molecule has 1 aliphatic rings. The number of carbonyl (C=O) groups excluding carboxylic acids is 1. The molecule has 1 atom stereocenters. The van der Waals surface area contributed by atoms with Crippen molar-refractivity contribution >= 4 is 34.3 Å². The van der Waals surface area contributed by atoms with E-state index in [4.69, 9.17) is 4.74 Å². The van der Waals surface area contributed by atoms with Crippen LogP contribution in [0, 0.1) is 0 Å². The van der Waals surface area contributed by atoms with Crippen molar-refractivity contribution in [2.45, 2.75) is 56.8 Å². The van der Waals surface area contributed by atoms with Gasteiger partial charge < -0.3 is 9.64 Å². The summed E-state index contributed by atoms with van der Waals surface area (Å²) in [5.41, 5.74) is 0.674. The van der Waals surface area contributed by atoms with Crippen LogP contribution in [0.3, 0.4) is 0 Å². The van der Waals surface area contributed by atoms with E-state index in [0.717, 1.165) is 31.3 Å². The molecule has 166 valence electrons. The number of rotatable bonds is 8. The lowest BCUT2D eigenvalue weighted by molar-refractivity contribution is -0.132. The van der Waals surface area contributed by atoms with Gasteiger partial charge in [-0.3, -0.25) is 18.6 Å². The summed E-state index contributed by atoms with van der Waals surface area (Å²) in [6, 6.07) is 7.81. The van der Waals surface area contributed by atoms with E-state index in [1.165, 1.54) is 18.2 Å². The largest absolute Gasteiger partial charge is 0.385 e. The lowest BCUT2D eigenvalue weighted by atomic mass is 10.0. The van der Waals surface area contributed by atoms with Crippen molar-refractivity contribution in [2.24, 2.45) is 0 Å². The fraction of sp³-hybridized carbons (Fsp3) is 0.545. The van der Waals surface area contributed by atoms with Gasteiger partial charge in [-0.1, -0.05) is 30.8 Å². The summed E-state index contributed by atoms with van der Waals surface area (Å²) in [4.78, 5) is 28.0. The quantitative estimate of drug-likeness (QED) is 0.393. The van der Waals surface area contributed by atoms with Gasteiger partial charge in [-0.05, 0) is 44.2 Å². The van der Waals surface area contributed by atoms with Gasteiger partial charge in [0.1, 0.15) is 0 Å². The van der Waals surface area contributed by atoms with Crippen molar-refractivity contribution < 1.29 is 9.53 Å². The molecule has 1 fully saturated rings. The third-order valence-electron chi connectivity index (χ3n) is 5.95. The summed E-state index contributed by atoms with van der Waals surface area (Å²) in [5.74, 6) is 0.958. The van der Waals surface area contributed by atoms with Crippen molar-refractivity contribution in [1.82, 2.24) is 24.1 Å². The van der Waals surface area contributed by atoms with Crippen LogP contribution < -0.4 is 5.56 Å². The minimum Gasteiger partial charge on any atom is -0.385 e. The topological polar surface area (TPSA) is 81.7 Å². The Balaban J connectivity index is 1.66. The first-order valence-corrected chi connectivity index (χ1v) is 11.9. The van der Waals surface area contributed by atoms with Crippen LogP contribution in [-0.4, -0.2) is 62.0 Å². The molecule has 1 amide bonds. The Morgan fingerprint density at radius 1 is 1.26 bits per heavy atom. The zero-order chi connectivity index (χ0) is 21.8. The number of ether oxygens (including phenoxy) is 1. The highest BCUT2D eigenvalue weighted by Crippen LogP contribution is 2.24. The van der Waals surface area contributed by atoms with Gasteiger partial charge in [0.2, 0.25) is 11.7 Å². The lowest BCUT2D eigenvalue weighted by Crippen LogP contribution is -2.44. The monoisotopic (exact) mass is 443 g/mol. The van der Waals surface area contributed by atoms with E-state index in [-0.39, 0.29) is 11.5 Å². The maximum absolute atomic E-state index is 13.1. The van der Waals surface area contributed by atoms with Gasteiger partial charge in [-0.2, -0.15) is 0 Å². The smallest absolute Gasteiger partial charge is 0.262 e. The molecule has 8 nitrogen and oxygen atoms in total. The molecule has 1 saturated heterocycles. The van der Waals surface area contributed by atoms with Crippen molar-refractivity contribution in [3.63, 3.8) is 0 Å². The van der Waals surface area contributed by atoms with Gasteiger partial charge >= 0.3 is 0 Å². The number of fused-ring (bicyclic) bond motifs is 3. The number of thioether (sulfide) groups is 1. The number of piperidine rings is 1. The summed E-state index contributed by atoms with van der Waals surface area (Å²) < 4.78 is 8.69. The van der Waals surface area contributed by atoms with E-state index in [1.807, 2.05) is 33.6 Å². The predicted molar refractivity (Wildman–Crippen MR) is 122 cm³/mol. The zero-order valence-corrected chi connectivity index (χ0v) is 18.9. The Hall–Kier alpha value is -2.39. The molecule has 0 radical (unpaired) electrons. The van der Waals surface area contributed by atoms with Crippen molar-refractivity contribution in [2.75, 3.05) is 26.0 Å². The Kier molecular flexibility index (Phi) is 6.92. The molecule has 0 aliphatic carbocycles. The average Bonchev–Trinajstić information content (AvgIpc) is 3.23. The Morgan fingerprint density at radius 3 is 2.90 bits per heavy atom. The van der Waals surface area contributed by atoms with Crippen LogP contribution in [0.4, 0.5) is 0 Å². The highest BCUT2D eigenvalue weighted by molar-refractivity contribution is 7.99. The van der Waals surface area contributed by atoms with Crippen molar-refractivity contribution in [3.05, 3.63) is 34.6 Å². The molecule has 1 unspecified atom stereocenters. The minimum absolute atomic E-state index is 0.0849. The number of aromatic nitrogens is 4.